The number of halogens is 1. The number of pyridine rings is 1. The number of methoxy groups -OCH3 is 1. The second-order valence-corrected chi connectivity index (χ2v) is 9.51. The third kappa shape index (κ3) is 5.11. The molecule has 0 bridgehead atoms. The highest BCUT2D eigenvalue weighted by atomic mass is 19.1. The van der Waals surface area contributed by atoms with Gasteiger partial charge in [0, 0.05) is 37.5 Å². The lowest BCUT2D eigenvalue weighted by Crippen LogP contribution is -2.16. The summed E-state index contributed by atoms with van der Waals surface area (Å²) in [6.45, 7) is 3.04. The zero-order valence-corrected chi connectivity index (χ0v) is 22.1. The molecule has 40 heavy (non-hydrogen) atoms. The van der Waals surface area contributed by atoms with E-state index in [-0.39, 0.29) is 17.8 Å². The van der Waals surface area contributed by atoms with Crippen LogP contribution in [0, 0.1) is 12.7 Å². The molecule has 9 heteroatoms. The Bertz CT molecular complexity index is 1640. The Kier molecular flexibility index (Phi) is 7.48. The number of nitrogens with two attached hydrogens (primary N) is 1. The van der Waals surface area contributed by atoms with E-state index in [0.717, 1.165) is 50.7 Å². The maximum Gasteiger partial charge on any atom is 0.336 e. The van der Waals surface area contributed by atoms with Crippen molar-refractivity contribution in [3.8, 4) is 28.0 Å². The number of aromatic carboxylic acids is 1. The molecular weight excluding hydrogens is 513 g/mol. The van der Waals surface area contributed by atoms with E-state index in [1.165, 1.54) is 12.1 Å². The van der Waals surface area contributed by atoms with Gasteiger partial charge in [0.2, 0.25) is 0 Å². The number of carboxylic acids is 1. The maximum absolute atomic E-state index is 13.6. The molecule has 1 aliphatic rings. The van der Waals surface area contributed by atoms with Gasteiger partial charge >= 0.3 is 5.97 Å². The first-order valence-corrected chi connectivity index (χ1v) is 12.7. The van der Waals surface area contributed by atoms with Crippen molar-refractivity contribution in [3.05, 3.63) is 100 Å². The molecule has 0 aliphatic heterocycles. The topological polar surface area (TPSA) is 124 Å². The highest BCUT2D eigenvalue weighted by Crippen LogP contribution is 2.46. The normalized spacial score (nSPS) is 11.6. The van der Waals surface area contributed by atoms with Gasteiger partial charge in [-0.05, 0) is 76.2 Å². The van der Waals surface area contributed by atoms with Crippen LogP contribution in [-0.4, -0.2) is 42.3 Å². The molecule has 0 unspecified atom stereocenters. The van der Waals surface area contributed by atoms with Crippen LogP contribution in [0.5, 0.6) is 5.75 Å². The van der Waals surface area contributed by atoms with Gasteiger partial charge in [-0.3, -0.25) is 9.78 Å². The summed E-state index contributed by atoms with van der Waals surface area (Å²) in [5.41, 5.74) is 13.4. The van der Waals surface area contributed by atoms with Crippen LogP contribution >= 0.6 is 0 Å². The Morgan fingerprint density at radius 3 is 2.65 bits per heavy atom. The van der Waals surface area contributed by atoms with Crippen molar-refractivity contribution < 1.29 is 28.6 Å². The SMILES string of the molecule is COCCOc1ccc2c(c1)Cc1c(C(N)=O)ncc(-c3cccc(NCc4ccc(F)cc4C(=O)O)c3C)c1-2. The highest BCUT2D eigenvalue weighted by molar-refractivity contribution is 6.00. The van der Waals surface area contributed by atoms with E-state index in [4.69, 9.17) is 15.2 Å². The first-order valence-electron chi connectivity index (χ1n) is 12.7. The van der Waals surface area contributed by atoms with Gasteiger partial charge in [-0.2, -0.15) is 0 Å². The smallest absolute Gasteiger partial charge is 0.336 e. The van der Waals surface area contributed by atoms with Gasteiger partial charge in [0.25, 0.3) is 5.91 Å². The van der Waals surface area contributed by atoms with Crippen molar-refractivity contribution in [2.75, 3.05) is 25.6 Å². The summed E-state index contributed by atoms with van der Waals surface area (Å²) >= 11 is 0. The molecule has 204 valence electrons. The number of aromatic nitrogens is 1. The van der Waals surface area contributed by atoms with Crippen molar-refractivity contribution in [2.45, 2.75) is 19.9 Å². The van der Waals surface area contributed by atoms with Gasteiger partial charge in [0.05, 0.1) is 12.2 Å². The first-order chi connectivity index (χ1) is 19.3. The van der Waals surface area contributed by atoms with E-state index in [0.29, 0.717) is 30.9 Å². The molecule has 0 fully saturated rings. The van der Waals surface area contributed by atoms with Crippen LogP contribution in [0.3, 0.4) is 0 Å². The summed E-state index contributed by atoms with van der Waals surface area (Å²) in [5.74, 6) is -1.67. The molecule has 1 amide bonds. The number of primary amides is 1. The number of nitrogens with one attached hydrogen (secondary N) is 1. The van der Waals surface area contributed by atoms with Crippen molar-refractivity contribution in [1.82, 2.24) is 4.98 Å². The lowest BCUT2D eigenvalue weighted by molar-refractivity contribution is 0.0695. The summed E-state index contributed by atoms with van der Waals surface area (Å²) in [6, 6.07) is 15.3. The fraction of sp³-hybridized carbons (Fsp3) is 0.194. The van der Waals surface area contributed by atoms with Crippen molar-refractivity contribution in [1.29, 1.82) is 0 Å². The predicted octanol–water partition coefficient (Wildman–Crippen LogP) is 5.20. The zero-order chi connectivity index (χ0) is 28.4. The quantitative estimate of drug-likeness (QED) is 0.208. The Hall–Kier alpha value is -4.76. The number of hydrogen-bond acceptors (Lipinski definition) is 6. The summed E-state index contributed by atoms with van der Waals surface area (Å²) in [6.07, 6.45) is 2.16. The third-order valence-corrected chi connectivity index (χ3v) is 7.08. The average molecular weight is 542 g/mol. The summed E-state index contributed by atoms with van der Waals surface area (Å²) in [5, 5.41) is 12.8. The number of fused-ring (bicyclic) bond motifs is 3. The molecule has 4 N–H and O–H groups in total. The molecule has 5 rings (SSSR count). The van der Waals surface area contributed by atoms with Crippen LogP contribution in [0.1, 0.15) is 43.1 Å². The van der Waals surface area contributed by atoms with Gasteiger partial charge in [0.15, 0.2) is 0 Å². The van der Waals surface area contributed by atoms with Crippen LogP contribution in [0.25, 0.3) is 22.3 Å². The standard InChI is InChI=1S/C31H28FN3O5/c1-17-22(4-3-5-27(17)34-15-18-6-7-20(32)14-24(18)31(37)38)26-16-35-29(30(33)36)25-13-19-12-21(40-11-10-39-2)8-9-23(19)28(25)26/h3-9,12,14,16,34H,10-11,13,15H2,1-2H3,(H2,33,36)(H,37,38). The minimum Gasteiger partial charge on any atom is -0.491 e. The summed E-state index contributed by atoms with van der Waals surface area (Å²) < 4.78 is 24.5. The second kappa shape index (κ2) is 11.2. The Balaban J connectivity index is 1.53. The van der Waals surface area contributed by atoms with Crippen LogP contribution in [0.2, 0.25) is 0 Å². The van der Waals surface area contributed by atoms with Crippen molar-refractivity contribution in [3.63, 3.8) is 0 Å². The van der Waals surface area contributed by atoms with E-state index >= 15 is 0 Å². The van der Waals surface area contributed by atoms with Crippen molar-refractivity contribution in [2.24, 2.45) is 5.73 Å². The van der Waals surface area contributed by atoms with E-state index < -0.39 is 17.7 Å². The van der Waals surface area contributed by atoms with Crippen LogP contribution in [0.4, 0.5) is 10.1 Å². The van der Waals surface area contributed by atoms with Crippen molar-refractivity contribution >= 4 is 17.6 Å². The van der Waals surface area contributed by atoms with Crippen LogP contribution in [0.15, 0.2) is 60.8 Å². The van der Waals surface area contributed by atoms with Gasteiger partial charge in [-0.1, -0.05) is 24.3 Å². The van der Waals surface area contributed by atoms with E-state index in [9.17, 15) is 19.1 Å². The second-order valence-electron chi connectivity index (χ2n) is 9.51. The lowest BCUT2D eigenvalue weighted by Gasteiger charge is -2.17. The number of rotatable bonds is 10. The number of carbonyl (C=O) groups is 2. The summed E-state index contributed by atoms with van der Waals surface area (Å²) in [7, 11) is 1.62. The van der Waals surface area contributed by atoms with E-state index in [1.54, 1.807) is 13.3 Å². The molecule has 0 saturated carbocycles. The number of amides is 1. The molecule has 1 aliphatic carbocycles. The maximum atomic E-state index is 13.6. The fourth-order valence-corrected chi connectivity index (χ4v) is 5.14. The van der Waals surface area contributed by atoms with Gasteiger partial charge in [-0.15, -0.1) is 0 Å². The number of anilines is 1. The first kappa shape index (κ1) is 26.8. The Labute approximate surface area is 230 Å². The molecule has 0 spiro atoms. The zero-order valence-electron chi connectivity index (χ0n) is 22.1. The van der Waals surface area contributed by atoms with E-state index in [2.05, 4.69) is 10.3 Å². The van der Waals surface area contributed by atoms with Gasteiger partial charge in [-0.25, -0.2) is 9.18 Å². The molecule has 1 aromatic heterocycles. The van der Waals surface area contributed by atoms with Gasteiger partial charge in [0.1, 0.15) is 23.9 Å². The minimum absolute atomic E-state index is 0.0902. The van der Waals surface area contributed by atoms with Gasteiger partial charge < -0.3 is 25.6 Å². The number of nitrogens with zero attached hydrogens (tertiary/aromatic N) is 1. The summed E-state index contributed by atoms with van der Waals surface area (Å²) in [4.78, 5) is 28.4. The molecular formula is C31H28FN3O5. The van der Waals surface area contributed by atoms with E-state index in [1.807, 2.05) is 43.3 Å². The largest absolute Gasteiger partial charge is 0.491 e. The Morgan fingerprint density at radius 2 is 1.90 bits per heavy atom. The third-order valence-electron chi connectivity index (χ3n) is 7.08. The monoisotopic (exact) mass is 541 g/mol. The molecule has 8 nitrogen and oxygen atoms in total. The molecule has 1 heterocycles. The molecule has 4 aromatic rings. The molecule has 0 atom stereocenters. The fourth-order valence-electron chi connectivity index (χ4n) is 5.14. The minimum atomic E-state index is -1.19. The number of hydrogen-bond donors (Lipinski definition) is 3. The number of carboxylic acid groups (broad SMARTS) is 1. The average Bonchev–Trinajstić information content (AvgIpc) is 3.31. The number of ether oxygens (including phenoxy) is 2. The number of benzene rings is 3. The molecule has 0 radical (unpaired) electrons. The number of carbonyl (C=O) groups excluding carboxylic acids is 1. The molecule has 3 aromatic carbocycles. The van der Waals surface area contributed by atoms with Crippen LogP contribution < -0.4 is 15.8 Å². The van der Waals surface area contributed by atoms with Crippen LogP contribution in [-0.2, 0) is 17.7 Å². The molecule has 0 saturated heterocycles. The highest BCUT2D eigenvalue weighted by Gasteiger charge is 2.28. The predicted molar refractivity (Wildman–Crippen MR) is 149 cm³/mol. The Morgan fingerprint density at radius 1 is 1.07 bits per heavy atom. The lowest BCUT2D eigenvalue weighted by atomic mass is 9.92.